The zero-order valence-electron chi connectivity index (χ0n) is 14.3. The first-order chi connectivity index (χ1) is 10.1. The quantitative estimate of drug-likeness (QED) is 0.724. The molecule has 7 unspecified atom stereocenters. The highest BCUT2D eigenvalue weighted by Crippen LogP contribution is 2.49. The summed E-state index contributed by atoms with van der Waals surface area (Å²) in [4.78, 5) is 0. The van der Waals surface area contributed by atoms with Crippen LogP contribution in [0.15, 0.2) is 0 Å². The molecule has 0 spiro atoms. The molecule has 2 aliphatic rings. The fraction of sp³-hybridized carbons (Fsp3) is 1.00. The highest BCUT2D eigenvalue weighted by molar-refractivity contribution is 4.97. The molecule has 2 fully saturated rings. The molecule has 3 nitrogen and oxygen atoms in total. The fourth-order valence-electron chi connectivity index (χ4n) is 4.52. The molecule has 0 amide bonds. The molecule has 1 aliphatic heterocycles. The maximum Gasteiger partial charge on any atom is 0.0637 e. The molecule has 21 heavy (non-hydrogen) atoms. The molecule has 0 aromatic rings. The molecule has 1 heterocycles. The van der Waals surface area contributed by atoms with Gasteiger partial charge in [-0.15, -0.1) is 0 Å². The van der Waals surface area contributed by atoms with E-state index in [1.807, 2.05) is 0 Å². The van der Waals surface area contributed by atoms with E-state index in [4.69, 9.17) is 16.2 Å². The average Bonchev–Trinajstić information content (AvgIpc) is 3.04. The van der Waals surface area contributed by atoms with E-state index in [1.165, 1.54) is 32.1 Å². The minimum atomic E-state index is 0.531. The first kappa shape index (κ1) is 17.2. The van der Waals surface area contributed by atoms with E-state index in [1.54, 1.807) is 0 Å². The Kier molecular flexibility index (Phi) is 6.51. The molecular weight excluding hydrogens is 260 g/mol. The summed E-state index contributed by atoms with van der Waals surface area (Å²) in [6.07, 6.45) is 7.01. The molecule has 1 saturated heterocycles. The molecule has 7 atom stereocenters. The summed E-state index contributed by atoms with van der Waals surface area (Å²) in [7, 11) is 0. The summed E-state index contributed by atoms with van der Waals surface area (Å²) in [6.45, 7) is 9.59. The SMILES string of the molecule is CC(CN)CCC1CC(C)C2C(CCC(C)CN)COC12. The van der Waals surface area contributed by atoms with Gasteiger partial charge < -0.3 is 16.2 Å². The van der Waals surface area contributed by atoms with E-state index in [0.29, 0.717) is 17.9 Å². The van der Waals surface area contributed by atoms with Crippen molar-refractivity contribution < 1.29 is 4.74 Å². The van der Waals surface area contributed by atoms with Gasteiger partial charge >= 0.3 is 0 Å². The predicted octanol–water partition coefficient (Wildman–Crippen LogP) is 3.02. The van der Waals surface area contributed by atoms with Gasteiger partial charge in [-0.25, -0.2) is 0 Å². The second kappa shape index (κ2) is 7.94. The summed E-state index contributed by atoms with van der Waals surface area (Å²) >= 11 is 0. The Morgan fingerprint density at radius 1 is 1.00 bits per heavy atom. The molecule has 0 radical (unpaired) electrons. The van der Waals surface area contributed by atoms with E-state index >= 15 is 0 Å². The van der Waals surface area contributed by atoms with Crippen LogP contribution in [0.4, 0.5) is 0 Å². The lowest BCUT2D eigenvalue weighted by molar-refractivity contribution is 0.0590. The summed E-state index contributed by atoms with van der Waals surface area (Å²) in [5, 5.41) is 0. The highest BCUT2D eigenvalue weighted by Gasteiger charge is 2.49. The summed E-state index contributed by atoms with van der Waals surface area (Å²) < 4.78 is 6.24. The number of ether oxygens (including phenoxy) is 1. The number of hydrogen-bond acceptors (Lipinski definition) is 3. The van der Waals surface area contributed by atoms with Crippen molar-refractivity contribution in [3.8, 4) is 0 Å². The number of hydrogen-bond donors (Lipinski definition) is 2. The molecule has 124 valence electrons. The van der Waals surface area contributed by atoms with E-state index in [2.05, 4.69) is 20.8 Å². The third-order valence-electron chi connectivity index (χ3n) is 6.09. The monoisotopic (exact) mass is 296 g/mol. The van der Waals surface area contributed by atoms with Gasteiger partial charge in [0, 0.05) is 0 Å². The maximum absolute atomic E-state index is 6.24. The lowest BCUT2D eigenvalue weighted by Gasteiger charge is -2.22. The smallest absolute Gasteiger partial charge is 0.0637 e. The second-order valence-corrected chi connectivity index (χ2v) is 7.94. The van der Waals surface area contributed by atoms with Crippen molar-refractivity contribution in [3.63, 3.8) is 0 Å². The first-order valence-electron chi connectivity index (χ1n) is 9.08. The van der Waals surface area contributed by atoms with Crippen LogP contribution in [-0.2, 0) is 4.74 Å². The molecule has 3 heteroatoms. The Morgan fingerprint density at radius 2 is 1.57 bits per heavy atom. The number of rotatable bonds is 8. The third kappa shape index (κ3) is 4.20. The van der Waals surface area contributed by atoms with Gasteiger partial charge in [0.05, 0.1) is 12.7 Å². The molecule has 0 bridgehead atoms. The molecular formula is C18H36N2O. The lowest BCUT2D eigenvalue weighted by Crippen LogP contribution is -2.23. The summed E-state index contributed by atoms with van der Waals surface area (Å²) in [5.74, 6) is 4.48. The van der Waals surface area contributed by atoms with Gasteiger partial charge in [0.25, 0.3) is 0 Å². The van der Waals surface area contributed by atoms with Crippen LogP contribution in [0.25, 0.3) is 0 Å². The van der Waals surface area contributed by atoms with Crippen LogP contribution >= 0.6 is 0 Å². The molecule has 4 N–H and O–H groups in total. The van der Waals surface area contributed by atoms with Gasteiger partial charge in [-0.1, -0.05) is 20.8 Å². The van der Waals surface area contributed by atoms with Gasteiger partial charge in [-0.3, -0.25) is 0 Å². The van der Waals surface area contributed by atoms with Gasteiger partial charge in [0.15, 0.2) is 0 Å². The van der Waals surface area contributed by atoms with Crippen LogP contribution in [0.5, 0.6) is 0 Å². The van der Waals surface area contributed by atoms with Crippen molar-refractivity contribution >= 4 is 0 Å². The van der Waals surface area contributed by atoms with Crippen molar-refractivity contribution in [2.75, 3.05) is 19.7 Å². The van der Waals surface area contributed by atoms with E-state index in [-0.39, 0.29) is 0 Å². The fourth-order valence-corrected chi connectivity index (χ4v) is 4.52. The summed E-state index contributed by atoms with van der Waals surface area (Å²) in [6, 6.07) is 0. The molecule has 2 rings (SSSR count). The van der Waals surface area contributed by atoms with Crippen molar-refractivity contribution in [2.45, 2.75) is 59.0 Å². The van der Waals surface area contributed by atoms with Crippen LogP contribution in [-0.4, -0.2) is 25.8 Å². The van der Waals surface area contributed by atoms with Gasteiger partial charge in [-0.05, 0) is 80.7 Å². The van der Waals surface area contributed by atoms with Crippen molar-refractivity contribution in [2.24, 2.45) is 47.0 Å². The standard InChI is InChI=1S/C18H36N2O/c1-12(9-19)4-6-15-8-14(3)17-16(11-21-18(15)17)7-5-13(2)10-20/h12-18H,4-11,19-20H2,1-3H3. The Balaban J connectivity index is 1.84. The Bertz CT molecular complexity index is 298. The van der Waals surface area contributed by atoms with Crippen molar-refractivity contribution in [1.82, 2.24) is 0 Å². The second-order valence-electron chi connectivity index (χ2n) is 7.94. The van der Waals surface area contributed by atoms with Gasteiger partial charge in [-0.2, -0.15) is 0 Å². The topological polar surface area (TPSA) is 61.3 Å². The maximum atomic E-state index is 6.24. The first-order valence-corrected chi connectivity index (χ1v) is 9.08. The van der Waals surface area contributed by atoms with Crippen molar-refractivity contribution in [1.29, 1.82) is 0 Å². The van der Waals surface area contributed by atoms with Crippen LogP contribution in [0, 0.1) is 35.5 Å². The number of nitrogens with two attached hydrogens (primary N) is 2. The highest BCUT2D eigenvalue weighted by atomic mass is 16.5. The Labute approximate surface area is 131 Å². The van der Waals surface area contributed by atoms with E-state index < -0.39 is 0 Å². The van der Waals surface area contributed by atoms with Gasteiger partial charge in [0.2, 0.25) is 0 Å². The average molecular weight is 296 g/mol. The van der Waals surface area contributed by atoms with E-state index in [0.717, 1.165) is 43.4 Å². The third-order valence-corrected chi connectivity index (χ3v) is 6.09. The normalized spacial score (nSPS) is 38.4. The summed E-state index contributed by atoms with van der Waals surface area (Å²) in [5.41, 5.74) is 11.5. The largest absolute Gasteiger partial charge is 0.377 e. The minimum absolute atomic E-state index is 0.531. The Morgan fingerprint density at radius 3 is 2.14 bits per heavy atom. The van der Waals surface area contributed by atoms with Crippen LogP contribution in [0.3, 0.4) is 0 Å². The molecule has 1 aliphatic carbocycles. The van der Waals surface area contributed by atoms with E-state index in [9.17, 15) is 0 Å². The van der Waals surface area contributed by atoms with Crippen LogP contribution < -0.4 is 11.5 Å². The number of fused-ring (bicyclic) bond motifs is 1. The zero-order valence-corrected chi connectivity index (χ0v) is 14.3. The van der Waals surface area contributed by atoms with Gasteiger partial charge in [0.1, 0.15) is 0 Å². The van der Waals surface area contributed by atoms with Crippen LogP contribution in [0.2, 0.25) is 0 Å². The van der Waals surface area contributed by atoms with Crippen molar-refractivity contribution in [3.05, 3.63) is 0 Å². The predicted molar refractivity (Wildman–Crippen MR) is 88.9 cm³/mol. The van der Waals surface area contributed by atoms with Crippen LogP contribution in [0.1, 0.15) is 52.9 Å². The zero-order chi connectivity index (χ0) is 15.4. The Hall–Kier alpha value is -0.120. The molecule has 0 aromatic carbocycles. The molecule has 1 saturated carbocycles. The minimum Gasteiger partial charge on any atom is -0.377 e. The molecule has 0 aromatic heterocycles. The lowest BCUT2D eigenvalue weighted by atomic mass is 9.81.